The molecular formula is C17H22N2O2S. The van der Waals surface area contributed by atoms with Gasteiger partial charge in [-0.3, -0.25) is 9.78 Å². The Kier molecular flexibility index (Phi) is 5.69. The van der Waals surface area contributed by atoms with E-state index in [-0.39, 0.29) is 17.9 Å². The van der Waals surface area contributed by atoms with Gasteiger partial charge in [0.15, 0.2) is 0 Å². The Hall–Kier alpha value is -1.72. The maximum absolute atomic E-state index is 12.2. The number of rotatable bonds is 6. The van der Waals surface area contributed by atoms with Crippen molar-refractivity contribution in [3.63, 3.8) is 0 Å². The van der Waals surface area contributed by atoms with E-state index in [0.29, 0.717) is 18.5 Å². The van der Waals surface area contributed by atoms with Crippen molar-refractivity contribution >= 4 is 17.2 Å². The van der Waals surface area contributed by atoms with Crippen molar-refractivity contribution in [1.29, 1.82) is 0 Å². The molecule has 0 fully saturated rings. The molecule has 0 aliphatic rings. The van der Waals surface area contributed by atoms with E-state index in [9.17, 15) is 9.90 Å². The SMILES string of the molecule is Cc1nc(-c2ccsc2)ccc1C(=O)NCC(C)CC(C)O. The van der Waals surface area contributed by atoms with Crippen molar-refractivity contribution in [2.75, 3.05) is 6.54 Å². The molecule has 4 nitrogen and oxygen atoms in total. The largest absolute Gasteiger partial charge is 0.393 e. The van der Waals surface area contributed by atoms with E-state index >= 15 is 0 Å². The summed E-state index contributed by atoms with van der Waals surface area (Å²) in [5.74, 6) is 0.126. The fourth-order valence-corrected chi connectivity index (χ4v) is 3.05. The van der Waals surface area contributed by atoms with Crippen LogP contribution >= 0.6 is 11.3 Å². The summed E-state index contributed by atoms with van der Waals surface area (Å²) in [6.07, 6.45) is 0.328. The highest BCUT2D eigenvalue weighted by Crippen LogP contribution is 2.21. The van der Waals surface area contributed by atoms with Gasteiger partial charge in [0.05, 0.1) is 23.1 Å². The van der Waals surface area contributed by atoms with Crippen molar-refractivity contribution in [3.05, 3.63) is 40.2 Å². The summed E-state index contributed by atoms with van der Waals surface area (Å²) in [6.45, 7) is 6.17. The minimum atomic E-state index is -0.347. The molecule has 0 saturated heterocycles. The average molecular weight is 318 g/mol. The third kappa shape index (κ3) is 4.39. The van der Waals surface area contributed by atoms with E-state index in [4.69, 9.17) is 0 Å². The summed E-state index contributed by atoms with van der Waals surface area (Å²) in [5, 5.41) is 16.3. The lowest BCUT2D eigenvalue weighted by Gasteiger charge is -2.15. The molecule has 0 bridgehead atoms. The topological polar surface area (TPSA) is 62.2 Å². The molecule has 118 valence electrons. The zero-order chi connectivity index (χ0) is 16.1. The van der Waals surface area contributed by atoms with Crippen molar-refractivity contribution in [3.8, 4) is 11.3 Å². The molecule has 0 aromatic carbocycles. The van der Waals surface area contributed by atoms with Crippen LogP contribution in [0, 0.1) is 12.8 Å². The molecular weight excluding hydrogens is 296 g/mol. The molecule has 2 aromatic rings. The second-order valence-corrected chi connectivity index (χ2v) is 6.52. The summed E-state index contributed by atoms with van der Waals surface area (Å²) in [7, 11) is 0. The lowest BCUT2D eigenvalue weighted by molar-refractivity contribution is 0.0938. The Morgan fingerprint density at radius 3 is 2.73 bits per heavy atom. The summed E-state index contributed by atoms with van der Waals surface area (Å²) < 4.78 is 0. The number of hydrogen-bond donors (Lipinski definition) is 2. The van der Waals surface area contributed by atoms with Gasteiger partial charge in [0, 0.05) is 17.5 Å². The number of pyridine rings is 1. The quantitative estimate of drug-likeness (QED) is 0.859. The number of aromatic nitrogens is 1. The normalized spacial score (nSPS) is 13.6. The summed E-state index contributed by atoms with van der Waals surface area (Å²) >= 11 is 1.63. The Bertz CT molecular complexity index is 624. The van der Waals surface area contributed by atoms with E-state index in [1.54, 1.807) is 18.3 Å². The molecule has 2 atom stereocenters. The second kappa shape index (κ2) is 7.51. The lowest BCUT2D eigenvalue weighted by atomic mass is 10.0. The second-order valence-electron chi connectivity index (χ2n) is 5.74. The fourth-order valence-electron chi connectivity index (χ4n) is 2.40. The van der Waals surface area contributed by atoms with Gasteiger partial charge in [0.1, 0.15) is 0 Å². The molecule has 2 unspecified atom stereocenters. The van der Waals surface area contributed by atoms with E-state index in [1.807, 2.05) is 42.8 Å². The minimum Gasteiger partial charge on any atom is -0.393 e. The fraction of sp³-hybridized carbons (Fsp3) is 0.412. The van der Waals surface area contributed by atoms with Crippen LogP contribution in [0.5, 0.6) is 0 Å². The third-order valence-electron chi connectivity index (χ3n) is 3.50. The molecule has 0 saturated carbocycles. The highest BCUT2D eigenvalue weighted by molar-refractivity contribution is 7.08. The van der Waals surface area contributed by atoms with Gasteiger partial charge in [-0.15, -0.1) is 0 Å². The summed E-state index contributed by atoms with van der Waals surface area (Å²) in [6, 6.07) is 5.72. The number of thiophene rings is 1. The van der Waals surface area contributed by atoms with Gasteiger partial charge in [0.25, 0.3) is 5.91 Å². The number of carbonyl (C=O) groups is 1. The van der Waals surface area contributed by atoms with Gasteiger partial charge < -0.3 is 10.4 Å². The van der Waals surface area contributed by atoms with E-state index in [1.165, 1.54) is 0 Å². The molecule has 2 N–H and O–H groups in total. The van der Waals surface area contributed by atoms with Crippen molar-refractivity contribution in [1.82, 2.24) is 10.3 Å². The van der Waals surface area contributed by atoms with Crippen LogP contribution in [0.25, 0.3) is 11.3 Å². The average Bonchev–Trinajstić information content (AvgIpc) is 2.98. The number of nitrogens with zero attached hydrogens (tertiary/aromatic N) is 1. The van der Waals surface area contributed by atoms with Crippen LogP contribution < -0.4 is 5.32 Å². The lowest BCUT2D eigenvalue weighted by Crippen LogP contribution is -2.30. The molecule has 5 heteroatoms. The molecule has 0 spiro atoms. The zero-order valence-electron chi connectivity index (χ0n) is 13.2. The first kappa shape index (κ1) is 16.6. The molecule has 0 aliphatic heterocycles. The number of aliphatic hydroxyl groups is 1. The van der Waals surface area contributed by atoms with Gasteiger partial charge in [-0.05, 0) is 49.8 Å². The van der Waals surface area contributed by atoms with Crippen LogP contribution in [0.15, 0.2) is 29.0 Å². The smallest absolute Gasteiger partial charge is 0.253 e. The highest BCUT2D eigenvalue weighted by atomic mass is 32.1. The van der Waals surface area contributed by atoms with E-state index in [0.717, 1.165) is 17.0 Å². The molecule has 2 heterocycles. The first-order chi connectivity index (χ1) is 10.5. The molecule has 0 aliphatic carbocycles. The van der Waals surface area contributed by atoms with Crippen molar-refractivity contribution in [2.24, 2.45) is 5.92 Å². The standard InChI is InChI=1S/C17H22N2O2S/c1-11(8-12(2)20)9-18-17(21)15-4-5-16(19-13(15)3)14-6-7-22-10-14/h4-7,10-12,20H,8-9H2,1-3H3,(H,18,21). The van der Waals surface area contributed by atoms with Crippen LogP contribution in [-0.4, -0.2) is 28.6 Å². The van der Waals surface area contributed by atoms with Crippen LogP contribution in [0.1, 0.15) is 36.3 Å². The van der Waals surface area contributed by atoms with Crippen LogP contribution in [-0.2, 0) is 0 Å². The van der Waals surface area contributed by atoms with Gasteiger partial charge >= 0.3 is 0 Å². The third-order valence-corrected chi connectivity index (χ3v) is 4.19. The highest BCUT2D eigenvalue weighted by Gasteiger charge is 2.13. The monoisotopic (exact) mass is 318 g/mol. The Morgan fingerprint density at radius 2 is 2.14 bits per heavy atom. The summed E-state index contributed by atoms with van der Waals surface area (Å²) in [5.41, 5.74) is 3.29. The predicted octanol–water partition coefficient (Wildman–Crippen LogP) is 3.26. The first-order valence-electron chi connectivity index (χ1n) is 7.44. The first-order valence-corrected chi connectivity index (χ1v) is 8.38. The summed E-state index contributed by atoms with van der Waals surface area (Å²) in [4.78, 5) is 16.8. The molecule has 2 aromatic heterocycles. The van der Waals surface area contributed by atoms with Crippen LogP contribution in [0.3, 0.4) is 0 Å². The van der Waals surface area contributed by atoms with Gasteiger partial charge in [-0.1, -0.05) is 6.92 Å². The number of hydrogen-bond acceptors (Lipinski definition) is 4. The van der Waals surface area contributed by atoms with E-state index < -0.39 is 0 Å². The maximum Gasteiger partial charge on any atom is 0.253 e. The number of amides is 1. The Balaban J connectivity index is 2.01. The molecule has 0 radical (unpaired) electrons. The number of carbonyl (C=O) groups excluding carboxylic acids is 1. The molecule has 2 rings (SSSR count). The zero-order valence-corrected chi connectivity index (χ0v) is 14.0. The maximum atomic E-state index is 12.2. The number of nitrogens with one attached hydrogen (secondary N) is 1. The Labute approximate surface area is 135 Å². The predicted molar refractivity (Wildman–Crippen MR) is 90.1 cm³/mol. The molecule has 22 heavy (non-hydrogen) atoms. The van der Waals surface area contributed by atoms with Gasteiger partial charge in [-0.2, -0.15) is 11.3 Å². The molecule has 1 amide bonds. The van der Waals surface area contributed by atoms with Gasteiger partial charge in [0.2, 0.25) is 0 Å². The Morgan fingerprint density at radius 1 is 1.36 bits per heavy atom. The van der Waals surface area contributed by atoms with Crippen LogP contribution in [0.4, 0.5) is 0 Å². The number of aryl methyl sites for hydroxylation is 1. The van der Waals surface area contributed by atoms with Crippen LogP contribution in [0.2, 0.25) is 0 Å². The van der Waals surface area contributed by atoms with Crippen molar-refractivity contribution in [2.45, 2.75) is 33.3 Å². The van der Waals surface area contributed by atoms with Gasteiger partial charge in [-0.25, -0.2) is 0 Å². The van der Waals surface area contributed by atoms with Crippen molar-refractivity contribution < 1.29 is 9.90 Å². The minimum absolute atomic E-state index is 0.112. The number of aliphatic hydroxyl groups excluding tert-OH is 1. The van der Waals surface area contributed by atoms with E-state index in [2.05, 4.69) is 10.3 Å².